The van der Waals surface area contributed by atoms with Crippen molar-refractivity contribution >= 4 is 35.6 Å². The maximum absolute atomic E-state index is 13.5. The summed E-state index contributed by atoms with van der Waals surface area (Å²) in [6.45, 7) is 10.5. The Morgan fingerprint density at radius 2 is 2.00 bits per heavy atom. The van der Waals surface area contributed by atoms with Crippen molar-refractivity contribution in [3.8, 4) is 0 Å². The number of anilines is 1. The van der Waals surface area contributed by atoms with Gasteiger partial charge in [0.2, 0.25) is 0 Å². The maximum atomic E-state index is 13.5. The zero-order valence-corrected chi connectivity index (χ0v) is 21.4. The van der Waals surface area contributed by atoms with E-state index in [2.05, 4.69) is 20.5 Å². The molecule has 2 heterocycles. The average molecular weight is 562 g/mol. The molecular formula is C23H33F2IN4O2. The van der Waals surface area contributed by atoms with Gasteiger partial charge in [-0.2, -0.15) is 0 Å². The number of aliphatic hydroxyl groups is 1. The predicted molar refractivity (Wildman–Crippen MR) is 134 cm³/mol. The molecule has 6 nitrogen and oxygen atoms in total. The molecule has 1 fully saturated rings. The van der Waals surface area contributed by atoms with E-state index in [1.807, 2.05) is 26.8 Å². The van der Waals surface area contributed by atoms with E-state index in [1.54, 1.807) is 13.0 Å². The summed E-state index contributed by atoms with van der Waals surface area (Å²) in [5.41, 5.74) is 0.299. The molecule has 1 aliphatic heterocycles. The third-order valence-corrected chi connectivity index (χ3v) is 5.62. The van der Waals surface area contributed by atoms with Gasteiger partial charge in [-0.25, -0.2) is 13.8 Å². The van der Waals surface area contributed by atoms with Crippen LogP contribution in [-0.2, 0) is 5.60 Å². The molecule has 1 aliphatic rings. The lowest BCUT2D eigenvalue weighted by Crippen LogP contribution is -2.41. The quantitative estimate of drug-likeness (QED) is 0.270. The summed E-state index contributed by atoms with van der Waals surface area (Å²) in [5.74, 6) is 0.774. The molecule has 0 aliphatic carbocycles. The standard InChI is InChI=1S/C23H32F2N4O2.HI/c1-5-26-22(28-14-23(4,30)19-10-15(2)31-16(19)3)27-12-17-8-9-29(13-17)18-6-7-20(24)21(25)11-18;/h6-7,10-11,17,30H,5,8-9,12-14H2,1-4H3,(H2,26,27,28);1H. The molecule has 2 atom stereocenters. The smallest absolute Gasteiger partial charge is 0.191 e. The number of aryl methyl sites for hydroxylation is 2. The fourth-order valence-electron chi connectivity index (χ4n) is 3.98. The highest BCUT2D eigenvalue weighted by atomic mass is 127. The summed E-state index contributed by atoms with van der Waals surface area (Å²) < 4.78 is 32.3. The van der Waals surface area contributed by atoms with Crippen LogP contribution in [0.15, 0.2) is 33.7 Å². The molecule has 0 saturated carbocycles. The molecule has 1 aromatic heterocycles. The van der Waals surface area contributed by atoms with Crippen LogP contribution in [0.2, 0.25) is 0 Å². The first-order valence-electron chi connectivity index (χ1n) is 10.7. The van der Waals surface area contributed by atoms with Gasteiger partial charge in [0.1, 0.15) is 17.1 Å². The van der Waals surface area contributed by atoms with Crippen LogP contribution in [0.5, 0.6) is 0 Å². The third-order valence-electron chi connectivity index (χ3n) is 5.62. The van der Waals surface area contributed by atoms with Gasteiger partial charge in [-0.3, -0.25) is 0 Å². The Kier molecular flexibility index (Phi) is 9.32. The van der Waals surface area contributed by atoms with Gasteiger partial charge in [-0.1, -0.05) is 0 Å². The van der Waals surface area contributed by atoms with E-state index in [0.717, 1.165) is 30.8 Å². The van der Waals surface area contributed by atoms with Crippen molar-refractivity contribution in [1.29, 1.82) is 0 Å². The van der Waals surface area contributed by atoms with Crippen LogP contribution < -0.4 is 15.5 Å². The van der Waals surface area contributed by atoms with Gasteiger partial charge in [-0.05, 0) is 58.2 Å². The fraction of sp³-hybridized carbons (Fsp3) is 0.522. The second-order valence-corrected chi connectivity index (χ2v) is 8.38. The van der Waals surface area contributed by atoms with Gasteiger partial charge >= 0.3 is 0 Å². The third kappa shape index (κ3) is 6.57. The number of guanidine groups is 1. The van der Waals surface area contributed by atoms with Crippen molar-refractivity contribution in [2.45, 2.75) is 39.7 Å². The molecule has 3 N–H and O–H groups in total. The number of aliphatic imine (C=N–C) groups is 1. The summed E-state index contributed by atoms with van der Waals surface area (Å²) in [7, 11) is 0. The van der Waals surface area contributed by atoms with Gasteiger partial charge in [0.05, 0.1) is 6.54 Å². The Bertz CT molecular complexity index is 933. The fourth-order valence-corrected chi connectivity index (χ4v) is 3.98. The molecule has 178 valence electrons. The average Bonchev–Trinajstić information content (AvgIpc) is 3.32. The van der Waals surface area contributed by atoms with E-state index in [-0.39, 0.29) is 30.5 Å². The van der Waals surface area contributed by atoms with Crippen LogP contribution in [0.3, 0.4) is 0 Å². The molecule has 1 saturated heterocycles. The minimum atomic E-state index is -1.14. The molecule has 0 spiro atoms. The lowest BCUT2D eigenvalue weighted by atomic mass is 9.96. The Hall–Kier alpha value is -1.88. The number of nitrogens with zero attached hydrogens (tertiary/aromatic N) is 2. The largest absolute Gasteiger partial charge is 0.466 e. The number of furan rings is 1. The van der Waals surface area contributed by atoms with Crippen LogP contribution in [0.25, 0.3) is 0 Å². The highest BCUT2D eigenvalue weighted by molar-refractivity contribution is 14.0. The van der Waals surface area contributed by atoms with Crippen LogP contribution in [-0.4, -0.2) is 43.8 Å². The predicted octanol–water partition coefficient (Wildman–Crippen LogP) is 4.08. The van der Waals surface area contributed by atoms with Crippen LogP contribution in [0.1, 0.15) is 37.4 Å². The lowest BCUT2D eigenvalue weighted by Gasteiger charge is -2.22. The van der Waals surface area contributed by atoms with Gasteiger partial charge in [0.25, 0.3) is 0 Å². The zero-order chi connectivity index (χ0) is 22.6. The number of hydrogen-bond acceptors (Lipinski definition) is 4. The van der Waals surface area contributed by atoms with Gasteiger partial charge in [0.15, 0.2) is 17.6 Å². The summed E-state index contributed by atoms with van der Waals surface area (Å²) in [6.07, 6.45) is 0.941. The first-order chi connectivity index (χ1) is 14.7. The van der Waals surface area contributed by atoms with Crippen molar-refractivity contribution in [3.05, 3.63) is 53.0 Å². The normalized spacial score (nSPS) is 18.3. The zero-order valence-electron chi connectivity index (χ0n) is 19.0. The second-order valence-electron chi connectivity index (χ2n) is 8.38. The number of halogens is 3. The first-order valence-corrected chi connectivity index (χ1v) is 10.7. The van der Waals surface area contributed by atoms with E-state index in [0.29, 0.717) is 36.4 Å². The van der Waals surface area contributed by atoms with Crippen molar-refractivity contribution < 1.29 is 18.3 Å². The highest BCUT2D eigenvalue weighted by Crippen LogP contribution is 2.27. The molecule has 2 unspecified atom stereocenters. The van der Waals surface area contributed by atoms with Crippen LogP contribution >= 0.6 is 24.0 Å². The molecule has 3 rings (SSSR count). The molecule has 2 aromatic rings. The Morgan fingerprint density at radius 3 is 2.62 bits per heavy atom. The van der Waals surface area contributed by atoms with Crippen molar-refractivity contribution in [2.75, 3.05) is 37.6 Å². The van der Waals surface area contributed by atoms with Crippen LogP contribution in [0, 0.1) is 31.4 Å². The summed E-state index contributed by atoms with van der Waals surface area (Å²) in [4.78, 5) is 6.63. The lowest BCUT2D eigenvalue weighted by molar-refractivity contribution is 0.0657. The minimum Gasteiger partial charge on any atom is -0.466 e. The molecular weight excluding hydrogens is 529 g/mol. The van der Waals surface area contributed by atoms with E-state index in [1.165, 1.54) is 12.1 Å². The van der Waals surface area contributed by atoms with Crippen molar-refractivity contribution in [2.24, 2.45) is 10.9 Å². The Morgan fingerprint density at radius 1 is 1.25 bits per heavy atom. The first kappa shape index (κ1) is 26.4. The molecule has 0 radical (unpaired) electrons. The van der Waals surface area contributed by atoms with E-state index in [9.17, 15) is 13.9 Å². The van der Waals surface area contributed by atoms with Gasteiger partial charge in [0, 0.05) is 43.5 Å². The number of rotatable bonds is 7. The SMILES string of the molecule is CCNC(=NCC(C)(O)c1cc(C)oc1C)NCC1CCN(c2ccc(F)c(F)c2)C1.I. The van der Waals surface area contributed by atoms with Crippen molar-refractivity contribution in [3.63, 3.8) is 0 Å². The number of benzene rings is 1. The van der Waals surface area contributed by atoms with Crippen LogP contribution in [0.4, 0.5) is 14.5 Å². The van der Waals surface area contributed by atoms with Crippen molar-refractivity contribution in [1.82, 2.24) is 10.6 Å². The topological polar surface area (TPSA) is 73.0 Å². The highest BCUT2D eigenvalue weighted by Gasteiger charge is 2.28. The second kappa shape index (κ2) is 11.3. The van der Waals surface area contributed by atoms with Gasteiger partial charge in [-0.15, -0.1) is 24.0 Å². The number of nitrogens with one attached hydrogen (secondary N) is 2. The molecule has 1 aromatic carbocycles. The molecule has 0 amide bonds. The van der Waals surface area contributed by atoms with E-state index < -0.39 is 17.2 Å². The summed E-state index contributed by atoms with van der Waals surface area (Å²) >= 11 is 0. The summed E-state index contributed by atoms with van der Waals surface area (Å²) in [6, 6.07) is 5.87. The molecule has 0 bridgehead atoms. The molecule has 32 heavy (non-hydrogen) atoms. The number of hydrogen-bond donors (Lipinski definition) is 3. The Labute approximate surface area is 205 Å². The minimum absolute atomic E-state index is 0. The summed E-state index contributed by atoms with van der Waals surface area (Å²) in [5, 5.41) is 17.4. The monoisotopic (exact) mass is 562 g/mol. The molecule has 9 heteroatoms. The van der Waals surface area contributed by atoms with Gasteiger partial charge < -0.3 is 25.1 Å². The van der Waals surface area contributed by atoms with E-state index >= 15 is 0 Å². The maximum Gasteiger partial charge on any atom is 0.191 e. The Balaban J connectivity index is 0.00000363. The van der Waals surface area contributed by atoms with E-state index in [4.69, 9.17) is 4.42 Å².